The molecular weight excluding hydrogens is 328 g/mol. The summed E-state index contributed by atoms with van der Waals surface area (Å²) in [5.41, 5.74) is 4.11. The molecule has 1 aromatic heterocycles. The molecule has 2 amide bonds. The zero-order valence-corrected chi connectivity index (χ0v) is 16.0. The minimum absolute atomic E-state index is 0.0154. The number of ether oxygens (including phenoxy) is 1. The van der Waals surface area contributed by atoms with Crippen LogP contribution in [0.4, 0.5) is 4.79 Å². The number of hydrogen-bond donors (Lipinski definition) is 1. The largest absolute Gasteiger partial charge is 0.376 e. The number of nitrogens with one attached hydrogen (secondary N) is 1. The van der Waals surface area contributed by atoms with Crippen LogP contribution in [0.1, 0.15) is 36.7 Å². The van der Waals surface area contributed by atoms with Crippen molar-refractivity contribution in [2.24, 2.45) is 0 Å². The number of para-hydroxylation sites is 1. The smallest absolute Gasteiger partial charge is 0.317 e. The summed E-state index contributed by atoms with van der Waals surface area (Å²) in [6.07, 6.45) is 2.20. The number of aryl methyl sites for hydroxylation is 1. The summed E-state index contributed by atoms with van der Waals surface area (Å²) in [4.78, 5) is 14.3. The molecule has 1 aromatic carbocycles. The van der Waals surface area contributed by atoms with E-state index in [9.17, 15) is 4.79 Å². The molecule has 1 fully saturated rings. The number of urea groups is 1. The van der Waals surface area contributed by atoms with Gasteiger partial charge in [-0.15, -0.1) is 0 Å². The molecular formula is C20H28N4O2. The average Bonchev–Trinajstić information content (AvgIpc) is 3.26. The first kappa shape index (κ1) is 18.5. The van der Waals surface area contributed by atoms with Crippen molar-refractivity contribution >= 4 is 6.03 Å². The molecule has 2 aromatic rings. The maximum atomic E-state index is 12.5. The number of amides is 2. The zero-order chi connectivity index (χ0) is 18.7. The number of nitrogens with zero attached hydrogens (tertiary/aromatic N) is 3. The summed E-state index contributed by atoms with van der Waals surface area (Å²) >= 11 is 0. The summed E-state index contributed by atoms with van der Waals surface area (Å²) in [5.74, 6) is 0. The Morgan fingerprint density at radius 2 is 2.12 bits per heavy atom. The quantitative estimate of drug-likeness (QED) is 0.895. The molecule has 1 aliphatic rings. The van der Waals surface area contributed by atoms with Gasteiger partial charge in [-0.25, -0.2) is 9.48 Å². The van der Waals surface area contributed by atoms with Gasteiger partial charge in [-0.1, -0.05) is 18.2 Å². The molecule has 6 nitrogen and oxygen atoms in total. The van der Waals surface area contributed by atoms with Gasteiger partial charge in [0, 0.05) is 24.9 Å². The standard InChI is InChI=1S/C20H28N4O2/c1-14-18(16(3)24(22-14)17-9-6-5-7-10-17)13-23(4)20(25)21-15(2)19-11-8-12-26-19/h5-7,9-10,15,19H,8,11-13H2,1-4H3,(H,21,25)/t15-,19-/m1/s1. The highest BCUT2D eigenvalue weighted by atomic mass is 16.5. The van der Waals surface area contributed by atoms with E-state index in [1.807, 2.05) is 62.8 Å². The lowest BCUT2D eigenvalue weighted by molar-refractivity contribution is 0.0838. The molecule has 26 heavy (non-hydrogen) atoms. The van der Waals surface area contributed by atoms with Gasteiger partial charge in [0.15, 0.2) is 0 Å². The van der Waals surface area contributed by atoms with Crippen LogP contribution in [0.2, 0.25) is 0 Å². The highest BCUT2D eigenvalue weighted by Crippen LogP contribution is 2.20. The van der Waals surface area contributed by atoms with Crippen molar-refractivity contribution in [2.75, 3.05) is 13.7 Å². The molecule has 2 atom stereocenters. The van der Waals surface area contributed by atoms with Crippen LogP contribution in [0.5, 0.6) is 0 Å². The second-order valence-electron chi connectivity index (χ2n) is 7.04. The number of hydrogen-bond acceptors (Lipinski definition) is 3. The predicted molar refractivity (Wildman–Crippen MR) is 101 cm³/mol. The van der Waals surface area contributed by atoms with E-state index in [0.29, 0.717) is 6.54 Å². The normalized spacial score (nSPS) is 17.9. The SMILES string of the molecule is Cc1nn(-c2ccccc2)c(C)c1CN(C)C(=O)N[C@H](C)[C@H]1CCCO1. The van der Waals surface area contributed by atoms with Crippen molar-refractivity contribution in [3.05, 3.63) is 47.3 Å². The van der Waals surface area contributed by atoms with Crippen molar-refractivity contribution in [1.29, 1.82) is 0 Å². The van der Waals surface area contributed by atoms with Gasteiger partial charge < -0.3 is 15.0 Å². The van der Waals surface area contributed by atoms with E-state index in [1.165, 1.54) is 0 Å². The summed E-state index contributed by atoms with van der Waals surface area (Å²) < 4.78 is 7.59. The Kier molecular flexibility index (Phi) is 5.61. The molecule has 0 saturated carbocycles. The average molecular weight is 356 g/mol. The summed E-state index contributed by atoms with van der Waals surface area (Å²) in [7, 11) is 1.82. The Morgan fingerprint density at radius 3 is 2.77 bits per heavy atom. The number of carbonyl (C=O) groups is 1. The molecule has 0 aliphatic carbocycles. The molecule has 140 valence electrons. The van der Waals surface area contributed by atoms with Gasteiger partial charge in [0.05, 0.1) is 30.1 Å². The number of aromatic nitrogens is 2. The molecule has 0 unspecified atom stereocenters. The van der Waals surface area contributed by atoms with E-state index in [0.717, 1.165) is 42.1 Å². The van der Waals surface area contributed by atoms with Crippen LogP contribution in [0.25, 0.3) is 5.69 Å². The van der Waals surface area contributed by atoms with Crippen LogP contribution in [-0.2, 0) is 11.3 Å². The molecule has 6 heteroatoms. The van der Waals surface area contributed by atoms with E-state index in [-0.39, 0.29) is 18.2 Å². The minimum Gasteiger partial charge on any atom is -0.376 e. The van der Waals surface area contributed by atoms with Crippen molar-refractivity contribution in [1.82, 2.24) is 20.0 Å². The van der Waals surface area contributed by atoms with Gasteiger partial charge in [0.1, 0.15) is 0 Å². The summed E-state index contributed by atoms with van der Waals surface area (Å²) in [6, 6.07) is 9.98. The van der Waals surface area contributed by atoms with Gasteiger partial charge in [0.2, 0.25) is 0 Å². The second kappa shape index (κ2) is 7.91. The van der Waals surface area contributed by atoms with E-state index in [2.05, 4.69) is 10.4 Å². The second-order valence-corrected chi connectivity index (χ2v) is 7.04. The predicted octanol–water partition coefficient (Wildman–Crippen LogP) is 3.20. The lowest BCUT2D eigenvalue weighted by atomic mass is 10.1. The number of rotatable bonds is 5. The zero-order valence-electron chi connectivity index (χ0n) is 16.0. The van der Waals surface area contributed by atoms with E-state index in [4.69, 9.17) is 4.74 Å². The molecule has 3 rings (SSSR count). The fourth-order valence-corrected chi connectivity index (χ4v) is 3.43. The Hall–Kier alpha value is -2.34. The Labute approximate surface area is 155 Å². The molecule has 1 N–H and O–H groups in total. The molecule has 0 spiro atoms. The van der Waals surface area contributed by atoms with Gasteiger partial charge in [-0.2, -0.15) is 5.10 Å². The van der Waals surface area contributed by atoms with Crippen molar-refractivity contribution in [2.45, 2.75) is 52.3 Å². The molecule has 0 radical (unpaired) electrons. The minimum atomic E-state index is -0.0840. The number of carbonyl (C=O) groups excluding carboxylic acids is 1. The Bertz CT molecular complexity index is 751. The van der Waals surface area contributed by atoms with Gasteiger partial charge in [-0.3, -0.25) is 0 Å². The Balaban J connectivity index is 1.68. The fourth-order valence-electron chi connectivity index (χ4n) is 3.43. The van der Waals surface area contributed by atoms with Crippen LogP contribution in [0.3, 0.4) is 0 Å². The van der Waals surface area contributed by atoms with Crippen LogP contribution in [-0.4, -0.2) is 46.5 Å². The first-order valence-corrected chi connectivity index (χ1v) is 9.21. The molecule has 2 heterocycles. The van der Waals surface area contributed by atoms with Gasteiger partial charge in [-0.05, 0) is 45.7 Å². The van der Waals surface area contributed by atoms with Crippen LogP contribution >= 0.6 is 0 Å². The molecule has 1 aliphatic heterocycles. The Morgan fingerprint density at radius 1 is 1.38 bits per heavy atom. The van der Waals surface area contributed by atoms with Gasteiger partial charge in [0.25, 0.3) is 0 Å². The first-order valence-electron chi connectivity index (χ1n) is 9.21. The third kappa shape index (κ3) is 3.90. The lowest BCUT2D eigenvalue weighted by Crippen LogP contribution is -2.46. The number of benzene rings is 1. The van der Waals surface area contributed by atoms with Crippen molar-refractivity contribution in [3.8, 4) is 5.69 Å². The van der Waals surface area contributed by atoms with Gasteiger partial charge >= 0.3 is 6.03 Å². The highest BCUT2D eigenvalue weighted by molar-refractivity contribution is 5.74. The third-order valence-corrected chi connectivity index (χ3v) is 5.06. The van der Waals surface area contributed by atoms with Crippen LogP contribution < -0.4 is 5.32 Å². The van der Waals surface area contributed by atoms with Crippen LogP contribution in [0, 0.1) is 13.8 Å². The fraction of sp³-hybridized carbons (Fsp3) is 0.500. The maximum Gasteiger partial charge on any atom is 0.317 e. The first-order chi connectivity index (χ1) is 12.5. The summed E-state index contributed by atoms with van der Waals surface area (Å²) in [5, 5.41) is 7.71. The van der Waals surface area contributed by atoms with Crippen LogP contribution in [0.15, 0.2) is 30.3 Å². The van der Waals surface area contributed by atoms with E-state index < -0.39 is 0 Å². The van der Waals surface area contributed by atoms with Crippen molar-refractivity contribution < 1.29 is 9.53 Å². The third-order valence-electron chi connectivity index (χ3n) is 5.06. The van der Waals surface area contributed by atoms with Crippen molar-refractivity contribution in [3.63, 3.8) is 0 Å². The van der Waals surface area contributed by atoms with E-state index in [1.54, 1.807) is 4.90 Å². The maximum absolute atomic E-state index is 12.5. The highest BCUT2D eigenvalue weighted by Gasteiger charge is 2.25. The molecule has 0 bridgehead atoms. The van der Waals surface area contributed by atoms with E-state index >= 15 is 0 Å². The molecule has 1 saturated heterocycles. The topological polar surface area (TPSA) is 59.4 Å². The monoisotopic (exact) mass is 356 g/mol. The summed E-state index contributed by atoms with van der Waals surface area (Å²) in [6.45, 7) is 7.35. The lowest BCUT2D eigenvalue weighted by Gasteiger charge is -2.24.